The van der Waals surface area contributed by atoms with Crippen LogP contribution in [0.3, 0.4) is 0 Å². The highest BCUT2D eigenvalue weighted by molar-refractivity contribution is 7.47. The van der Waals surface area contributed by atoms with Crippen LogP contribution in [0.2, 0.25) is 0 Å². The molecule has 3 N–H and O–H groups in total. The maximum atomic E-state index is 13.2. The Balaban J connectivity index is 5.20. The van der Waals surface area contributed by atoms with Gasteiger partial charge in [-0.3, -0.25) is 37.3 Å². The Hall–Kier alpha value is -1.94. The highest BCUT2D eigenvalue weighted by atomic mass is 31.2. The predicted octanol–water partition coefficient (Wildman–Crippen LogP) is 27.4. The van der Waals surface area contributed by atoms with Crippen LogP contribution in [-0.2, 0) is 65.4 Å². The summed E-state index contributed by atoms with van der Waals surface area (Å²) in [5.41, 5.74) is 0. The van der Waals surface area contributed by atoms with Crippen molar-refractivity contribution < 1.29 is 80.2 Å². The number of phosphoric acid groups is 2. The molecule has 0 bridgehead atoms. The summed E-state index contributed by atoms with van der Waals surface area (Å²) in [5, 5.41) is 10.7. The largest absolute Gasteiger partial charge is 0.472 e. The Bertz CT molecular complexity index is 2070. The first-order valence-electron chi connectivity index (χ1n) is 46.0. The van der Waals surface area contributed by atoms with Gasteiger partial charge < -0.3 is 33.8 Å². The minimum Gasteiger partial charge on any atom is -0.462 e. The first-order valence-corrected chi connectivity index (χ1v) is 49.0. The summed E-state index contributed by atoms with van der Waals surface area (Å²) in [6.45, 7) is 9.67. The number of rotatable bonds is 88. The van der Waals surface area contributed by atoms with Gasteiger partial charge in [0, 0.05) is 25.7 Å². The molecule has 0 aromatic rings. The molecule has 0 saturated heterocycles. The van der Waals surface area contributed by atoms with Gasteiger partial charge in [0.1, 0.15) is 19.3 Å². The van der Waals surface area contributed by atoms with Gasteiger partial charge in [0.25, 0.3) is 0 Å². The summed E-state index contributed by atoms with van der Waals surface area (Å²) in [5.74, 6) is -0.551. The molecule has 0 saturated carbocycles. The molecule has 19 heteroatoms. The molecular weight excluding hydrogens is 1400 g/mol. The van der Waals surface area contributed by atoms with E-state index in [1.807, 2.05) is 0 Å². The van der Waals surface area contributed by atoms with Gasteiger partial charge in [-0.1, -0.05) is 427 Å². The lowest BCUT2D eigenvalue weighted by Gasteiger charge is -2.21. The third kappa shape index (κ3) is 80.7. The van der Waals surface area contributed by atoms with E-state index in [4.69, 9.17) is 37.0 Å². The van der Waals surface area contributed by atoms with Gasteiger partial charge in [0.15, 0.2) is 12.2 Å². The second-order valence-corrected chi connectivity index (χ2v) is 35.6. The molecule has 0 aromatic carbocycles. The van der Waals surface area contributed by atoms with Gasteiger partial charge >= 0.3 is 39.5 Å². The zero-order valence-corrected chi connectivity index (χ0v) is 73.0. The van der Waals surface area contributed by atoms with Crippen molar-refractivity contribution in [2.75, 3.05) is 39.6 Å². The molecule has 0 aliphatic rings. The summed E-state index contributed by atoms with van der Waals surface area (Å²) in [6.07, 6.45) is 73.9. The van der Waals surface area contributed by atoms with E-state index in [0.717, 1.165) is 102 Å². The third-order valence-corrected chi connectivity index (χ3v) is 23.2. The maximum Gasteiger partial charge on any atom is 0.472 e. The molecule has 0 aromatic heterocycles. The average Bonchev–Trinajstić information content (AvgIpc) is 0.899. The van der Waals surface area contributed by atoms with Crippen LogP contribution in [0.25, 0.3) is 0 Å². The molecule has 0 aliphatic carbocycles. The number of phosphoric ester groups is 2. The van der Waals surface area contributed by atoms with Gasteiger partial charge in [0.2, 0.25) is 0 Å². The summed E-state index contributed by atoms with van der Waals surface area (Å²) >= 11 is 0. The van der Waals surface area contributed by atoms with Crippen molar-refractivity contribution in [3.8, 4) is 0 Å². The number of hydrogen-bond acceptors (Lipinski definition) is 15. The van der Waals surface area contributed by atoms with Gasteiger partial charge in [-0.2, -0.15) is 0 Å². The van der Waals surface area contributed by atoms with E-state index >= 15 is 0 Å². The number of unbranched alkanes of at least 4 members (excludes halogenated alkanes) is 57. The number of aliphatic hydroxyl groups is 1. The van der Waals surface area contributed by atoms with Crippen molar-refractivity contribution in [2.24, 2.45) is 11.8 Å². The lowest BCUT2D eigenvalue weighted by molar-refractivity contribution is -0.161. The fraction of sp³-hybridized carbons (Fsp3) is 0.955. The van der Waals surface area contributed by atoms with Gasteiger partial charge in [-0.25, -0.2) is 9.13 Å². The van der Waals surface area contributed by atoms with Crippen LogP contribution in [0.1, 0.15) is 478 Å². The highest BCUT2D eigenvalue weighted by Crippen LogP contribution is 2.45. The predicted molar refractivity (Wildman–Crippen MR) is 446 cm³/mol. The van der Waals surface area contributed by atoms with Crippen molar-refractivity contribution in [1.29, 1.82) is 0 Å². The van der Waals surface area contributed by atoms with E-state index in [1.54, 1.807) is 0 Å². The van der Waals surface area contributed by atoms with Crippen LogP contribution in [0.5, 0.6) is 0 Å². The molecule has 108 heavy (non-hydrogen) atoms. The van der Waals surface area contributed by atoms with Crippen LogP contribution >= 0.6 is 15.6 Å². The van der Waals surface area contributed by atoms with Crippen LogP contribution in [0, 0.1) is 11.8 Å². The Labute approximate surface area is 664 Å². The molecular formula is C89H174O17P2. The lowest BCUT2D eigenvalue weighted by atomic mass is 9.99. The van der Waals surface area contributed by atoms with Crippen molar-refractivity contribution in [3.63, 3.8) is 0 Å². The third-order valence-electron chi connectivity index (χ3n) is 21.3. The Kier molecular flexibility index (Phi) is 78.8. The molecule has 0 radical (unpaired) electrons. The topological polar surface area (TPSA) is 237 Å². The second-order valence-electron chi connectivity index (χ2n) is 32.7. The van der Waals surface area contributed by atoms with Crippen molar-refractivity contribution in [2.45, 2.75) is 496 Å². The Morgan fingerprint density at radius 2 is 0.472 bits per heavy atom. The first-order chi connectivity index (χ1) is 52.4. The molecule has 642 valence electrons. The molecule has 6 atom stereocenters. The van der Waals surface area contributed by atoms with Crippen LogP contribution < -0.4 is 0 Å². The standard InChI is InChI=1S/C89H174O17P2/c1-7-10-12-14-16-18-20-22-24-26-27-28-29-33-37-40-44-48-52-59-65-71-86(91)99-77-84(105-88(93)73-68-62-54-50-46-42-38-34-31-30-32-35-39-43-47-51-58-64-70-82(6)9-3)79-103-107(95,96)101-75-83(90)76-102-108(97,98)104-80-85(78-100-87(92)72-66-60-56-55-57-63-69-81(4)5)106-89(94)74-67-61-53-49-45-41-36-25-23-21-19-17-15-13-11-8-2/h81-85,90H,7-80H2,1-6H3,(H,95,96)(H,97,98)/t82?,83-,84-,85-/m1/s1. The van der Waals surface area contributed by atoms with Crippen molar-refractivity contribution in [3.05, 3.63) is 0 Å². The molecule has 0 aliphatic heterocycles. The number of carbonyl (C=O) groups excluding carboxylic acids is 4. The Morgan fingerprint density at radius 1 is 0.269 bits per heavy atom. The normalized spacial score (nSPS) is 14.0. The fourth-order valence-electron chi connectivity index (χ4n) is 13.9. The van der Waals surface area contributed by atoms with Crippen molar-refractivity contribution in [1.82, 2.24) is 0 Å². The van der Waals surface area contributed by atoms with Crippen LogP contribution in [-0.4, -0.2) is 96.7 Å². The highest BCUT2D eigenvalue weighted by Gasteiger charge is 2.31. The van der Waals surface area contributed by atoms with Crippen LogP contribution in [0.4, 0.5) is 0 Å². The number of carbonyl (C=O) groups is 4. The van der Waals surface area contributed by atoms with Gasteiger partial charge in [-0.15, -0.1) is 0 Å². The second kappa shape index (κ2) is 80.3. The number of ether oxygens (including phenoxy) is 4. The van der Waals surface area contributed by atoms with E-state index < -0.39 is 97.5 Å². The molecule has 3 unspecified atom stereocenters. The average molecular weight is 1580 g/mol. The minimum absolute atomic E-state index is 0.108. The van der Waals surface area contributed by atoms with Gasteiger partial charge in [0.05, 0.1) is 26.4 Å². The van der Waals surface area contributed by atoms with Crippen molar-refractivity contribution >= 4 is 39.5 Å². The van der Waals surface area contributed by atoms with Crippen LogP contribution in [0.15, 0.2) is 0 Å². The lowest BCUT2D eigenvalue weighted by Crippen LogP contribution is -2.30. The molecule has 0 heterocycles. The molecule has 17 nitrogen and oxygen atoms in total. The zero-order valence-electron chi connectivity index (χ0n) is 71.2. The van der Waals surface area contributed by atoms with E-state index in [0.29, 0.717) is 31.6 Å². The number of hydrogen-bond donors (Lipinski definition) is 3. The number of esters is 4. The van der Waals surface area contributed by atoms with E-state index in [-0.39, 0.29) is 25.7 Å². The van der Waals surface area contributed by atoms with E-state index in [9.17, 15) is 43.2 Å². The fourth-order valence-corrected chi connectivity index (χ4v) is 15.5. The smallest absolute Gasteiger partial charge is 0.462 e. The molecule has 0 amide bonds. The molecule has 0 spiro atoms. The summed E-state index contributed by atoms with van der Waals surface area (Å²) < 4.78 is 68.9. The monoisotopic (exact) mass is 1580 g/mol. The summed E-state index contributed by atoms with van der Waals surface area (Å²) in [7, 11) is -9.93. The minimum atomic E-state index is -4.97. The SMILES string of the molecule is CCCCCCCCCCCCCCCCCCCCCCCC(=O)OC[C@H](COP(=O)(O)OC[C@@H](O)COP(=O)(O)OC[C@@H](COC(=O)CCCCCCCCC(C)C)OC(=O)CCCCCCCCCCCCCCCCCC)OC(=O)CCCCCCCCCCCCCCCCCCCCC(C)CC. The summed E-state index contributed by atoms with van der Waals surface area (Å²) in [6, 6.07) is 0. The van der Waals surface area contributed by atoms with E-state index in [2.05, 4.69) is 41.5 Å². The first kappa shape index (κ1) is 106. The number of aliphatic hydroxyl groups excluding tert-OH is 1. The maximum absolute atomic E-state index is 13.2. The Morgan fingerprint density at radius 3 is 0.704 bits per heavy atom. The molecule has 0 fully saturated rings. The molecule has 0 rings (SSSR count). The zero-order chi connectivity index (χ0) is 79.2. The quantitative estimate of drug-likeness (QED) is 0.0222. The summed E-state index contributed by atoms with van der Waals surface area (Å²) in [4.78, 5) is 73.3. The van der Waals surface area contributed by atoms with E-state index in [1.165, 1.54) is 289 Å². The van der Waals surface area contributed by atoms with Gasteiger partial charge in [-0.05, 0) is 37.5 Å².